The van der Waals surface area contributed by atoms with Gasteiger partial charge in [-0.25, -0.2) is 0 Å². The molecule has 0 aliphatic carbocycles. The maximum Gasteiger partial charge on any atom is 0.138 e. The minimum atomic E-state index is 0.196. The summed E-state index contributed by atoms with van der Waals surface area (Å²) in [6.45, 7) is 3.37. The fourth-order valence-electron chi connectivity index (χ4n) is 2.97. The van der Waals surface area contributed by atoms with Crippen molar-refractivity contribution < 1.29 is 14.3 Å². The zero-order valence-electron chi connectivity index (χ0n) is 11.4. The second kappa shape index (κ2) is 7.90. The molecule has 2 aliphatic rings. The van der Waals surface area contributed by atoms with Crippen molar-refractivity contribution in [2.24, 2.45) is 11.8 Å². The van der Waals surface area contributed by atoms with Crippen molar-refractivity contribution in [3.63, 3.8) is 0 Å². The minimum absolute atomic E-state index is 0.196. The molecule has 2 saturated heterocycles. The van der Waals surface area contributed by atoms with Crippen LogP contribution in [0.25, 0.3) is 0 Å². The monoisotopic (exact) mass is 254 g/mol. The van der Waals surface area contributed by atoms with E-state index in [1.54, 1.807) is 0 Å². The summed E-state index contributed by atoms with van der Waals surface area (Å²) in [4.78, 5) is 11.9. The molecule has 0 N–H and O–H groups in total. The number of rotatable bonds is 6. The minimum Gasteiger partial charge on any atom is -0.381 e. The van der Waals surface area contributed by atoms with E-state index in [-0.39, 0.29) is 5.92 Å². The molecule has 18 heavy (non-hydrogen) atoms. The Balaban J connectivity index is 1.52. The van der Waals surface area contributed by atoms with E-state index in [2.05, 4.69) is 0 Å². The molecule has 1 atom stereocenters. The van der Waals surface area contributed by atoms with Gasteiger partial charge in [-0.3, -0.25) is 4.79 Å². The Morgan fingerprint density at radius 1 is 1.00 bits per heavy atom. The molecule has 104 valence electrons. The van der Waals surface area contributed by atoms with Gasteiger partial charge in [0.1, 0.15) is 5.78 Å². The molecule has 0 bridgehead atoms. The highest BCUT2D eigenvalue weighted by atomic mass is 16.5. The fraction of sp³-hybridized carbons (Fsp3) is 0.933. The van der Waals surface area contributed by atoms with Gasteiger partial charge in [-0.2, -0.15) is 0 Å². The Bertz CT molecular complexity index is 240. The van der Waals surface area contributed by atoms with Crippen molar-refractivity contribution in [2.45, 2.75) is 51.4 Å². The van der Waals surface area contributed by atoms with Gasteiger partial charge in [-0.1, -0.05) is 12.8 Å². The summed E-state index contributed by atoms with van der Waals surface area (Å²) in [6.07, 6.45) is 8.82. The van der Waals surface area contributed by atoms with Gasteiger partial charge in [0.2, 0.25) is 0 Å². The molecular weight excluding hydrogens is 228 g/mol. The number of ether oxygens (including phenoxy) is 2. The summed E-state index contributed by atoms with van der Waals surface area (Å²) in [5, 5.41) is 0. The van der Waals surface area contributed by atoms with E-state index in [0.29, 0.717) is 12.4 Å². The normalized spacial score (nSPS) is 26.1. The van der Waals surface area contributed by atoms with Crippen LogP contribution in [0.5, 0.6) is 0 Å². The summed E-state index contributed by atoms with van der Waals surface area (Å²) in [7, 11) is 0. The van der Waals surface area contributed by atoms with Crippen LogP contribution in [0, 0.1) is 11.8 Å². The van der Waals surface area contributed by atoms with E-state index >= 15 is 0 Å². The molecule has 2 aliphatic heterocycles. The Labute approximate surface area is 110 Å². The van der Waals surface area contributed by atoms with Crippen LogP contribution in [0.2, 0.25) is 0 Å². The fourth-order valence-corrected chi connectivity index (χ4v) is 2.97. The van der Waals surface area contributed by atoms with Crippen LogP contribution in [0.15, 0.2) is 0 Å². The van der Waals surface area contributed by atoms with Crippen LogP contribution in [-0.4, -0.2) is 32.2 Å². The summed E-state index contributed by atoms with van der Waals surface area (Å²) in [5.74, 6) is 1.47. The first-order valence-electron chi connectivity index (χ1n) is 7.54. The molecule has 0 aromatic carbocycles. The van der Waals surface area contributed by atoms with E-state index in [4.69, 9.17) is 9.47 Å². The van der Waals surface area contributed by atoms with Gasteiger partial charge in [0.05, 0.1) is 6.61 Å². The molecule has 2 fully saturated rings. The quantitative estimate of drug-likeness (QED) is 0.684. The highest BCUT2D eigenvalue weighted by molar-refractivity contribution is 5.81. The molecule has 0 saturated carbocycles. The van der Waals surface area contributed by atoms with Gasteiger partial charge in [0.25, 0.3) is 0 Å². The molecule has 0 aromatic rings. The highest BCUT2D eigenvalue weighted by Gasteiger charge is 2.21. The number of ketones is 1. The first kappa shape index (κ1) is 14.0. The first-order valence-corrected chi connectivity index (χ1v) is 7.54. The number of Topliss-reactive ketones (excluding diaryl/α,β-unsaturated/α-hetero) is 1. The summed E-state index contributed by atoms with van der Waals surface area (Å²) < 4.78 is 10.7. The second-order valence-electron chi connectivity index (χ2n) is 5.68. The van der Waals surface area contributed by atoms with Gasteiger partial charge in [-0.05, 0) is 38.0 Å². The lowest BCUT2D eigenvalue weighted by atomic mass is 9.91. The zero-order valence-corrected chi connectivity index (χ0v) is 11.4. The molecule has 0 aromatic heterocycles. The molecule has 0 spiro atoms. The van der Waals surface area contributed by atoms with Gasteiger partial charge >= 0.3 is 0 Å². The van der Waals surface area contributed by atoms with Gasteiger partial charge in [0.15, 0.2) is 0 Å². The van der Waals surface area contributed by atoms with Crippen molar-refractivity contribution >= 4 is 5.78 Å². The summed E-state index contributed by atoms with van der Waals surface area (Å²) in [6, 6.07) is 0. The lowest BCUT2D eigenvalue weighted by molar-refractivity contribution is -0.126. The van der Waals surface area contributed by atoms with E-state index in [1.807, 2.05) is 0 Å². The maximum absolute atomic E-state index is 11.9. The smallest absolute Gasteiger partial charge is 0.138 e. The number of hydrogen-bond donors (Lipinski definition) is 0. The second-order valence-corrected chi connectivity index (χ2v) is 5.68. The third kappa shape index (κ3) is 4.69. The Morgan fingerprint density at radius 3 is 2.56 bits per heavy atom. The van der Waals surface area contributed by atoms with Gasteiger partial charge < -0.3 is 9.47 Å². The van der Waals surface area contributed by atoms with Crippen molar-refractivity contribution in [3.05, 3.63) is 0 Å². The summed E-state index contributed by atoms with van der Waals surface area (Å²) in [5.41, 5.74) is 0. The standard InChI is InChI=1S/C15H26O3/c16-15(14-5-3-9-18-12-14)6-2-1-4-13-7-10-17-11-8-13/h13-14H,1-12H2. The van der Waals surface area contributed by atoms with Crippen LogP contribution < -0.4 is 0 Å². The van der Waals surface area contributed by atoms with E-state index in [9.17, 15) is 4.79 Å². The number of carbonyl (C=O) groups is 1. The molecule has 1 unspecified atom stereocenters. The predicted octanol–water partition coefficient (Wildman–Crippen LogP) is 2.97. The van der Waals surface area contributed by atoms with Crippen LogP contribution in [0.1, 0.15) is 51.4 Å². The molecule has 3 heteroatoms. The molecule has 0 radical (unpaired) electrons. The molecule has 0 amide bonds. The highest BCUT2D eigenvalue weighted by Crippen LogP contribution is 2.22. The summed E-state index contributed by atoms with van der Waals surface area (Å²) >= 11 is 0. The van der Waals surface area contributed by atoms with Crippen LogP contribution >= 0.6 is 0 Å². The zero-order chi connectivity index (χ0) is 12.6. The molecule has 2 heterocycles. The number of unbranched alkanes of at least 4 members (excludes halogenated alkanes) is 1. The van der Waals surface area contributed by atoms with Crippen LogP contribution in [0.3, 0.4) is 0 Å². The van der Waals surface area contributed by atoms with Crippen LogP contribution in [-0.2, 0) is 14.3 Å². The molecule has 3 nitrogen and oxygen atoms in total. The van der Waals surface area contributed by atoms with Crippen molar-refractivity contribution in [3.8, 4) is 0 Å². The lowest BCUT2D eigenvalue weighted by Gasteiger charge is -2.22. The Morgan fingerprint density at radius 2 is 1.83 bits per heavy atom. The number of carbonyl (C=O) groups excluding carboxylic acids is 1. The lowest BCUT2D eigenvalue weighted by Crippen LogP contribution is -2.25. The SMILES string of the molecule is O=C(CCCCC1CCOCC1)C1CCCOC1. The predicted molar refractivity (Wildman–Crippen MR) is 70.6 cm³/mol. The van der Waals surface area contributed by atoms with Crippen molar-refractivity contribution in [1.29, 1.82) is 0 Å². The van der Waals surface area contributed by atoms with Crippen molar-refractivity contribution in [1.82, 2.24) is 0 Å². The van der Waals surface area contributed by atoms with E-state index in [0.717, 1.165) is 51.4 Å². The van der Waals surface area contributed by atoms with Crippen LogP contribution in [0.4, 0.5) is 0 Å². The maximum atomic E-state index is 11.9. The third-order valence-corrected chi connectivity index (χ3v) is 4.24. The van der Waals surface area contributed by atoms with Gasteiger partial charge in [0, 0.05) is 32.2 Å². The molecular formula is C15H26O3. The number of hydrogen-bond acceptors (Lipinski definition) is 3. The first-order chi connectivity index (χ1) is 8.86. The largest absolute Gasteiger partial charge is 0.381 e. The topological polar surface area (TPSA) is 35.5 Å². The molecule has 2 rings (SSSR count). The average molecular weight is 254 g/mol. The van der Waals surface area contributed by atoms with Gasteiger partial charge in [-0.15, -0.1) is 0 Å². The van der Waals surface area contributed by atoms with Crippen molar-refractivity contribution in [2.75, 3.05) is 26.4 Å². The third-order valence-electron chi connectivity index (χ3n) is 4.24. The van der Waals surface area contributed by atoms with E-state index < -0.39 is 0 Å². The average Bonchev–Trinajstić information content (AvgIpc) is 2.45. The Kier molecular flexibility index (Phi) is 6.15. The Hall–Kier alpha value is -0.410. The van der Waals surface area contributed by atoms with E-state index in [1.165, 1.54) is 25.7 Å².